The molecule has 8 heteroatoms. The van der Waals surface area contributed by atoms with Gasteiger partial charge in [-0.05, 0) is 54.0 Å². The van der Waals surface area contributed by atoms with Gasteiger partial charge in [-0.2, -0.15) is 5.10 Å². The second-order valence-electron chi connectivity index (χ2n) is 10.7. The summed E-state index contributed by atoms with van der Waals surface area (Å²) in [6, 6.07) is 7.69. The van der Waals surface area contributed by atoms with Gasteiger partial charge in [0.05, 0.1) is 47.8 Å². The van der Waals surface area contributed by atoms with Gasteiger partial charge in [0.15, 0.2) is 0 Å². The van der Waals surface area contributed by atoms with E-state index in [-0.39, 0.29) is 28.2 Å². The predicted octanol–water partition coefficient (Wildman–Crippen LogP) is 4.39. The molecule has 7 rings (SSSR count). The van der Waals surface area contributed by atoms with Crippen LogP contribution in [-0.2, 0) is 10.2 Å². The molecule has 1 spiro atoms. The van der Waals surface area contributed by atoms with Crippen molar-refractivity contribution >= 4 is 5.95 Å². The van der Waals surface area contributed by atoms with Crippen molar-refractivity contribution in [2.75, 3.05) is 24.6 Å². The summed E-state index contributed by atoms with van der Waals surface area (Å²) < 4.78 is 34.7. The molecule has 2 aromatic heterocycles. The van der Waals surface area contributed by atoms with Gasteiger partial charge in [0.2, 0.25) is 5.95 Å². The molecule has 2 bridgehead atoms. The van der Waals surface area contributed by atoms with Crippen molar-refractivity contribution in [3.8, 4) is 11.3 Å². The van der Waals surface area contributed by atoms with E-state index in [2.05, 4.69) is 33.9 Å². The van der Waals surface area contributed by atoms with E-state index in [1.54, 1.807) is 0 Å². The molecule has 6 nitrogen and oxygen atoms in total. The van der Waals surface area contributed by atoms with Crippen LogP contribution in [0.1, 0.15) is 56.0 Å². The molecule has 174 valence electrons. The Morgan fingerprint density at radius 2 is 1.82 bits per heavy atom. The lowest BCUT2D eigenvalue weighted by molar-refractivity contribution is -0.161. The Kier molecular flexibility index (Phi) is 3.93. The first-order valence-electron chi connectivity index (χ1n) is 11.9. The number of fused-ring (bicyclic) bond motifs is 5. The number of hydrogen-bond donors (Lipinski definition) is 0. The SMILES string of the molecule is CC1(C)[C@H]2CC[C@@]1(c1ccnc(N3CC4(CCO4)C3)n1)c1nnc(-c3c(F)cccc3F)cc12. The Hall–Kier alpha value is -3.00. The molecule has 2 saturated heterocycles. The first-order valence-corrected chi connectivity index (χ1v) is 11.9. The largest absolute Gasteiger partial charge is 0.371 e. The monoisotopic (exact) mass is 461 g/mol. The highest BCUT2D eigenvalue weighted by Gasteiger charge is 2.65. The van der Waals surface area contributed by atoms with Gasteiger partial charge in [0.1, 0.15) is 17.2 Å². The third-order valence-corrected chi connectivity index (χ3v) is 8.89. The molecule has 2 aliphatic carbocycles. The fourth-order valence-electron chi connectivity index (χ4n) is 6.93. The van der Waals surface area contributed by atoms with Crippen LogP contribution in [0.25, 0.3) is 11.3 Å². The van der Waals surface area contributed by atoms with Gasteiger partial charge < -0.3 is 9.64 Å². The molecule has 0 unspecified atom stereocenters. The van der Waals surface area contributed by atoms with Gasteiger partial charge >= 0.3 is 0 Å². The van der Waals surface area contributed by atoms with Gasteiger partial charge in [-0.15, -0.1) is 5.10 Å². The topological polar surface area (TPSA) is 64.0 Å². The number of anilines is 1. The van der Waals surface area contributed by atoms with Crippen LogP contribution >= 0.6 is 0 Å². The Morgan fingerprint density at radius 3 is 2.53 bits per heavy atom. The smallest absolute Gasteiger partial charge is 0.225 e. The molecule has 34 heavy (non-hydrogen) atoms. The highest BCUT2D eigenvalue weighted by Crippen LogP contribution is 2.69. The minimum Gasteiger partial charge on any atom is -0.371 e. The van der Waals surface area contributed by atoms with E-state index < -0.39 is 17.0 Å². The number of nitrogens with zero attached hydrogens (tertiary/aromatic N) is 5. The summed E-state index contributed by atoms with van der Waals surface area (Å²) in [6.07, 6.45) is 4.79. The first kappa shape index (κ1) is 20.4. The van der Waals surface area contributed by atoms with Crippen molar-refractivity contribution in [3.63, 3.8) is 0 Å². The van der Waals surface area contributed by atoms with Gasteiger partial charge in [0, 0.05) is 12.6 Å². The van der Waals surface area contributed by atoms with Crippen LogP contribution in [0.4, 0.5) is 14.7 Å². The normalized spacial score (nSPS) is 27.4. The predicted molar refractivity (Wildman–Crippen MR) is 121 cm³/mol. The molecule has 2 aliphatic heterocycles. The second kappa shape index (κ2) is 6.56. The lowest BCUT2D eigenvalue weighted by Gasteiger charge is -2.55. The molecule has 2 atom stereocenters. The molecule has 3 aromatic rings. The van der Waals surface area contributed by atoms with E-state index in [0.29, 0.717) is 0 Å². The zero-order valence-corrected chi connectivity index (χ0v) is 19.2. The summed E-state index contributed by atoms with van der Waals surface area (Å²) in [4.78, 5) is 11.8. The van der Waals surface area contributed by atoms with Crippen LogP contribution in [0.5, 0.6) is 0 Å². The van der Waals surface area contributed by atoms with E-state index in [1.807, 2.05) is 18.3 Å². The van der Waals surface area contributed by atoms with E-state index in [4.69, 9.17) is 9.72 Å². The van der Waals surface area contributed by atoms with E-state index >= 15 is 0 Å². The Labute approximate surface area is 196 Å². The average Bonchev–Trinajstić information content (AvgIpc) is 3.13. The summed E-state index contributed by atoms with van der Waals surface area (Å²) in [5, 5.41) is 8.94. The summed E-state index contributed by atoms with van der Waals surface area (Å²) >= 11 is 0. The maximum Gasteiger partial charge on any atom is 0.225 e. The van der Waals surface area contributed by atoms with Crippen molar-refractivity contribution in [2.45, 2.75) is 50.0 Å². The molecule has 0 radical (unpaired) electrons. The van der Waals surface area contributed by atoms with Crippen molar-refractivity contribution in [3.05, 3.63) is 65.1 Å². The maximum atomic E-state index is 14.5. The molecular weight excluding hydrogens is 436 g/mol. The lowest BCUT2D eigenvalue weighted by Crippen LogP contribution is -2.68. The number of ether oxygens (including phenoxy) is 1. The standard InChI is InChI=1S/C26H25F2N5O/c1-24(2)16-6-8-26(24,20-7-10-29-23(30-20)33-13-25(14-33)9-11-34-25)22-15(16)12-19(31-32-22)21-17(27)4-3-5-18(21)28/h3-5,7,10,12,16H,6,8-9,11,13-14H2,1-2H3/t16-,26+/m0/s1. The molecule has 1 aromatic carbocycles. The third kappa shape index (κ3) is 2.42. The number of halogens is 2. The molecule has 3 fully saturated rings. The molecule has 1 saturated carbocycles. The highest BCUT2D eigenvalue weighted by atomic mass is 19.1. The van der Waals surface area contributed by atoms with E-state index in [9.17, 15) is 8.78 Å². The average molecular weight is 462 g/mol. The van der Waals surface area contributed by atoms with Crippen LogP contribution < -0.4 is 4.90 Å². The minimum absolute atomic E-state index is 0.000798. The van der Waals surface area contributed by atoms with Crippen LogP contribution in [0.2, 0.25) is 0 Å². The number of benzene rings is 1. The van der Waals surface area contributed by atoms with Gasteiger partial charge in [-0.3, -0.25) is 0 Å². The van der Waals surface area contributed by atoms with E-state index in [0.717, 1.165) is 61.9 Å². The van der Waals surface area contributed by atoms with E-state index in [1.165, 1.54) is 18.2 Å². The van der Waals surface area contributed by atoms with Gasteiger partial charge in [-0.25, -0.2) is 18.7 Å². The fourth-order valence-corrected chi connectivity index (χ4v) is 6.93. The number of hydrogen-bond acceptors (Lipinski definition) is 6. The summed E-state index contributed by atoms with van der Waals surface area (Å²) in [6.45, 7) is 6.98. The Morgan fingerprint density at radius 1 is 1.06 bits per heavy atom. The van der Waals surface area contributed by atoms with Crippen molar-refractivity contribution in [1.82, 2.24) is 20.2 Å². The second-order valence-corrected chi connectivity index (χ2v) is 10.7. The molecular formula is C26H25F2N5O. The van der Waals surface area contributed by atoms with Crippen LogP contribution in [0.3, 0.4) is 0 Å². The third-order valence-electron chi connectivity index (χ3n) is 8.89. The van der Waals surface area contributed by atoms with Gasteiger partial charge in [0.25, 0.3) is 0 Å². The van der Waals surface area contributed by atoms with Crippen molar-refractivity contribution < 1.29 is 13.5 Å². The van der Waals surface area contributed by atoms with Crippen LogP contribution in [0.15, 0.2) is 36.5 Å². The zero-order valence-electron chi connectivity index (χ0n) is 19.2. The zero-order chi connectivity index (χ0) is 23.3. The number of aromatic nitrogens is 4. The van der Waals surface area contributed by atoms with Crippen molar-refractivity contribution in [2.24, 2.45) is 5.41 Å². The fraction of sp³-hybridized carbons (Fsp3) is 0.462. The Bertz CT molecular complexity index is 1310. The number of rotatable bonds is 3. The maximum absolute atomic E-state index is 14.5. The highest BCUT2D eigenvalue weighted by molar-refractivity contribution is 5.64. The van der Waals surface area contributed by atoms with Crippen LogP contribution in [0, 0.1) is 17.0 Å². The molecule has 4 aliphatic rings. The summed E-state index contributed by atoms with van der Waals surface area (Å²) in [5.74, 6) is -0.330. The lowest BCUT2D eigenvalue weighted by atomic mass is 9.66. The van der Waals surface area contributed by atoms with Crippen LogP contribution in [-0.4, -0.2) is 45.5 Å². The van der Waals surface area contributed by atoms with Crippen molar-refractivity contribution in [1.29, 1.82) is 0 Å². The Balaban J connectivity index is 1.32. The first-order chi connectivity index (χ1) is 16.3. The summed E-state index contributed by atoms with van der Waals surface area (Å²) in [7, 11) is 0. The molecule has 0 amide bonds. The van der Waals surface area contributed by atoms with Gasteiger partial charge in [-0.1, -0.05) is 19.9 Å². The molecule has 0 N–H and O–H groups in total. The summed E-state index contributed by atoms with van der Waals surface area (Å²) in [5.41, 5.74) is 2.37. The quantitative estimate of drug-likeness (QED) is 0.576. The molecule has 4 heterocycles. The minimum atomic E-state index is -0.630.